The highest BCUT2D eigenvalue weighted by Gasteiger charge is 2.34. The second-order valence-corrected chi connectivity index (χ2v) is 7.08. The molecular formula is C23H20N2O6. The number of carbonyl (C=O) groups excluding carboxylic acids is 3. The Bertz CT molecular complexity index is 1160. The molecule has 0 aliphatic carbocycles. The summed E-state index contributed by atoms with van der Waals surface area (Å²) in [6, 6.07) is 14.7. The number of amides is 2. The number of ether oxygens (including phenoxy) is 1. The van der Waals surface area contributed by atoms with Crippen molar-refractivity contribution in [2.75, 3.05) is 13.2 Å². The van der Waals surface area contributed by atoms with E-state index in [1.807, 2.05) is 0 Å². The molecule has 158 valence electrons. The van der Waals surface area contributed by atoms with Crippen LogP contribution < -0.4 is 5.56 Å². The molecule has 0 saturated carbocycles. The lowest BCUT2D eigenvalue weighted by atomic mass is 10.1. The number of aromatic nitrogens is 1. The van der Waals surface area contributed by atoms with Gasteiger partial charge in [0.05, 0.1) is 24.3 Å². The van der Waals surface area contributed by atoms with Gasteiger partial charge in [0.15, 0.2) is 0 Å². The van der Waals surface area contributed by atoms with E-state index >= 15 is 0 Å². The summed E-state index contributed by atoms with van der Waals surface area (Å²) in [6.45, 7) is 0.615. The van der Waals surface area contributed by atoms with Crippen LogP contribution in [-0.4, -0.2) is 40.4 Å². The number of esters is 1. The van der Waals surface area contributed by atoms with Crippen molar-refractivity contribution in [3.63, 3.8) is 0 Å². The number of benzene rings is 1. The summed E-state index contributed by atoms with van der Waals surface area (Å²) in [4.78, 5) is 49.7. The largest absolute Gasteiger partial charge is 0.460 e. The van der Waals surface area contributed by atoms with Crippen LogP contribution in [0.25, 0.3) is 0 Å². The molecule has 8 heteroatoms. The number of rotatable bonds is 8. The minimum atomic E-state index is -0.604. The van der Waals surface area contributed by atoms with E-state index in [0.29, 0.717) is 29.7 Å². The van der Waals surface area contributed by atoms with Crippen LogP contribution in [0.2, 0.25) is 0 Å². The van der Waals surface area contributed by atoms with Crippen molar-refractivity contribution in [3.05, 3.63) is 93.8 Å². The number of furan rings is 1. The average Bonchev–Trinajstić information content (AvgIpc) is 3.34. The van der Waals surface area contributed by atoms with Gasteiger partial charge in [0, 0.05) is 18.8 Å². The maximum Gasteiger partial charge on any atom is 0.374 e. The van der Waals surface area contributed by atoms with Gasteiger partial charge in [0.2, 0.25) is 5.76 Å². The summed E-state index contributed by atoms with van der Waals surface area (Å²) in [5.41, 5.74) is 0.678. The van der Waals surface area contributed by atoms with Gasteiger partial charge in [0.25, 0.3) is 17.4 Å². The van der Waals surface area contributed by atoms with Gasteiger partial charge in [-0.15, -0.1) is 0 Å². The van der Waals surface area contributed by atoms with E-state index in [0.717, 1.165) is 0 Å². The Labute approximate surface area is 177 Å². The van der Waals surface area contributed by atoms with E-state index in [1.54, 1.807) is 48.7 Å². The Kier molecular flexibility index (Phi) is 5.79. The highest BCUT2D eigenvalue weighted by molar-refractivity contribution is 6.21. The summed E-state index contributed by atoms with van der Waals surface area (Å²) >= 11 is 0. The second kappa shape index (κ2) is 8.83. The number of hydrogen-bond acceptors (Lipinski definition) is 6. The van der Waals surface area contributed by atoms with E-state index in [1.165, 1.54) is 21.6 Å². The van der Waals surface area contributed by atoms with Crippen LogP contribution in [0, 0.1) is 0 Å². The molecule has 0 unspecified atom stereocenters. The van der Waals surface area contributed by atoms with Crippen molar-refractivity contribution in [1.29, 1.82) is 0 Å². The van der Waals surface area contributed by atoms with E-state index in [9.17, 15) is 19.2 Å². The molecule has 2 aromatic heterocycles. The fraction of sp³-hybridized carbons (Fsp3) is 0.217. The monoisotopic (exact) mass is 420 g/mol. The number of pyridine rings is 1. The summed E-state index contributed by atoms with van der Waals surface area (Å²) in [7, 11) is 0. The first-order valence-corrected chi connectivity index (χ1v) is 9.91. The van der Waals surface area contributed by atoms with Crippen LogP contribution in [0.5, 0.6) is 0 Å². The molecule has 0 N–H and O–H groups in total. The first-order chi connectivity index (χ1) is 15.0. The van der Waals surface area contributed by atoms with Gasteiger partial charge in [-0.1, -0.05) is 18.2 Å². The van der Waals surface area contributed by atoms with Gasteiger partial charge in [-0.25, -0.2) is 4.79 Å². The van der Waals surface area contributed by atoms with Crippen LogP contribution in [0.3, 0.4) is 0 Å². The average molecular weight is 420 g/mol. The molecule has 0 atom stereocenters. The lowest BCUT2D eigenvalue weighted by Gasteiger charge is -2.13. The van der Waals surface area contributed by atoms with Gasteiger partial charge in [-0.2, -0.15) is 0 Å². The van der Waals surface area contributed by atoms with Gasteiger partial charge in [0.1, 0.15) is 5.76 Å². The fourth-order valence-electron chi connectivity index (χ4n) is 3.38. The predicted molar refractivity (Wildman–Crippen MR) is 110 cm³/mol. The first-order valence-electron chi connectivity index (χ1n) is 9.91. The van der Waals surface area contributed by atoms with E-state index in [2.05, 4.69) is 0 Å². The van der Waals surface area contributed by atoms with E-state index in [4.69, 9.17) is 9.15 Å². The van der Waals surface area contributed by atoms with E-state index in [-0.39, 0.29) is 42.8 Å². The third-order valence-corrected chi connectivity index (χ3v) is 4.98. The minimum Gasteiger partial charge on any atom is -0.460 e. The normalized spacial score (nSPS) is 12.8. The smallest absolute Gasteiger partial charge is 0.374 e. The van der Waals surface area contributed by atoms with Crippen LogP contribution >= 0.6 is 0 Å². The second-order valence-electron chi connectivity index (χ2n) is 7.08. The zero-order valence-corrected chi connectivity index (χ0v) is 16.7. The maximum atomic E-state index is 12.3. The van der Waals surface area contributed by atoms with Gasteiger partial charge in [-0.3, -0.25) is 19.3 Å². The first kappa shape index (κ1) is 20.3. The predicted octanol–water partition coefficient (Wildman–Crippen LogP) is 2.72. The van der Waals surface area contributed by atoms with Crippen molar-refractivity contribution in [2.24, 2.45) is 0 Å². The molecule has 1 aliphatic rings. The molecule has 0 radical (unpaired) electrons. The van der Waals surface area contributed by atoms with Crippen LogP contribution in [0.15, 0.2) is 70.0 Å². The van der Waals surface area contributed by atoms with Crippen LogP contribution in [0.4, 0.5) is 0 Å². The molecule has 4 rings (SSSR count). The molecular weight excluding hydrogens is 400 g/mol. The van der Waals surface area contributed by atoms with Gasteiger partial charge < -0.3 is 13.7 Å². The zero-order valence-electron chi connectivity index (χ0n) is 16.7. The number of nitrogens with zero attached hydrogens (tertiary/aromatic N) is 2. The number of unbranched alkanes of at least 4 members (excludes halogenated alkanes) is 1. The minimum absolute atomic E-state index is 0.0549. The lowest BCUT2D eigenvalue weighted by Crippen LogP contribution is -2.30. The Morgan fingerprint density at radius 2 is 1.58 bits per heavy atom. The molecule has 0 saturated heterocycles. The highest BCUT2D eigenvalue weighted by atomic mass is 16.5. The third-order valence-electron chi connectivity index (χ3n) is 4.98. The highest BCUT2D eigenvalue weighted by Crippen LogP contribution is 2.22. The van der Waals surface area contributed by atoms with Crippen molar-refractivity contribution in [2.45, 2.75) is 19.4 Å². The Morgan fingerprint density at radius 1 is 0.871 bits per heavy atom. The summed E-state index contributed by atoms with van der Waals surface area (Å²) < 4.78 is 12.1. The quantitative estimate of drug-likeness (QED) is 0.316. The summed E-state index contributed by atoms with van der Waals surface area (Å²) in [6.07, 6.45) is 2.64. The molecule has 3 heterocycles. The van der Waals surface area contributed by atoms with Gasteiger partial charge in [-0.05, 0) is 43.2 Å². The van der Waals surface area contributed by atoms with Crippen molar-refractivity contribution in [1.82, 2.24) is 9.47 Å². The molecule has 31 heavy (non-hydrogen) atoms. The molecule has 0 fully saturated rings. The third kappa shape index (κ3) is 4.32. The lowest BCUT2D eigenvalue weighted by molar-refractivity contribution is 0.0450. The maximum absolute atomic E-state index is 12.3. The van der Waals surface area contributed by atoms with Crippen molar-refractivity contribution < 1.29 is 23.5 Å². The number of imide groups is 1. The fourth-order valence-corrected chi connectivity index (χ4v) is 3.38. The molecule has 8 nitrogen and oxygen atoms in total. The molecule has 1 aliphatic heterocycles. The Morgan fingerprint density at radius 3 is 2.29 bits per heavy atom. The van der Waals surface area contributed by atoms with Crippen molar-refractivity contribution >= 4 is 17.8 Å². The van der Waals surface area contributed by atoms with Crippen molar-refractivity contribution in [3.8, 4) is 0 Å². The van der Waals surface area contributed by atoms with Gasteiger partial charge >= 0.3 is 5.97 Å². The SMILES string of the molecule is O=C(OCCCCN1C(=O)c2ccccc2C1=O)c1ccc(Cn2ccccc2=O)o1. The Hall–Kier alpha value is -3.94. The Balaban J connectivity index is 1.22. The van der Waals surface area contributed by atoms with Crippen LogP contribution in [-0.2, 0) is 11.3 Å². The molecule has 3 aromatic rings. The zero-order chi connectivity index (χ0) is 21.8. The number of fused-ring (bicyclic) bond motifs is 1. The standard InChI is InChI=1S/C23H20N2O6/c26-20-9-3-4-12-24(20)15-16-10-11-19(31-16)23(29)30-14-6-5-13-25-21(27)17-7-1-2-8-18(17)22(25)28/h1-4,7-12H,5-6,13-15H2. The number of carbonyl (C=O) groups is 3. The summed E-state index contributed by atoms with van der Waals surface area (Å²) in [5.74, 6) is -0.672. The number of hydrogen-bond donors (Lipinski definition) is 0. The van der Waals surface area contributed by atoms with Crippen LogP contribution in [0.1, 0.15) is 49.9 Å². The van der Waals surface area contributed by atoms with E-state index < -0.39 is 5.97 Å². The summed E-state index contributed by atoms with van der Waals surface area (Å²) in [5, 5.41) is 0. The topological polar surface area (TPSA) is 98.8 Å². The molecule has 0 spiro atoms. The molecule has 2 amide bonds. The molecule has 0 bridgehead atoms. The molecule has 1 aromatic carbocycles.